The lowest BCUT2D eigenvalue weighted by Gasteiger charge is -2.27. The molecular weight excluding hydrogens is 264 g/mol. The van der Waals surface area contributed by atoms with Gasteiger partial charge in [0.25, 0.3) is 0 Å². The molecule has 0 spiro atoms. The van der Waals surface area contributed by atoms with Gasteiger partial charge in [0.2, 0.25) is 5.91 Å². The van der Waals surface area contributed by atoms with Crippen molar-refractivity contribution in [2.45, 2.75) is 32.6 Å². The Morgan fingerprint density at radius 2 is 1.95 bits per heavy atom. The number of carbonyl (C=O) groups excluding carboxylic acids is 1. The molecule has 116 valence electrons. The van der Waals surface area contributed by atoms with Crippen LogP contribution < -0.4 is 10.1 Å². The van der Waals surface area contributed by atoms with Crippen LogP contribution in [0.3, 0.4) is 0 Å². The van der Waals surface area contributed by atoms with Crippen molar-refractivity contribution >= 4 is 5.91 Å². The van der Waals surface area contributed by atoms with Gasteiger partial charge in [-0.25, -0.2) is 0 Å². The molecule has 1 amide bonds. The Morgan fingerprint density at radius 1 is 1.24 bits per heavy atom. The van der Waals surface area contributed by atoms with Crippen molar-refractivity contribution in [2.24, 2.45) is 0 Å². The second-order valence-corrected chi connectivity index (χ2v) is 5.48. The van der Waals surface area contributed by atoms with E-state index in [1.807, 2.05) is 17.0 Å². The third-order valence-corrected chi connectivity index (χ3v) is 3.80. The fourth-order valence-corrected chi connectivity index (χ4v) is 2.46. The number of amides is 1. The molecule has 0 bridgehead atoms. The zero-order valence-electron chi connectivity index (χ0n) is 12.9. The van der Waals surface area contributed by atoms with E-state index >= 15 is 0 Å². The van der Waals surface area contributed by atoms with Crippen molar-refractivity contribution in [3.63, 3.8) is 0 Å². The molecule has 21 heavy (non-hydrogen) atoms. The van der Waals surface area contributed by atoms with E-state index in [0.717, 1.165) is 38.3 Å². The monoisotopic (exact) mass is 290 g/mol. The lowest BCUT2D eigenvalue weighted by Crippen LogP contribution is -2.46. The molecule has 1 N–H and O–H groups in total. The molecule has 1 aliphatic rings. The summed E-state index contributed by atoms with van der Waals surface area (Å²) in [4.78, 5) is 13.9. The number of nitrogens with zero attached hydrogens (tertiary/aromatic N) is 1. The minimum Gasteiger partial charge on any atom is -0.493 e. The Bertz CT molecular complexity index is 425. The number of hydrogen-bond acceptors (Lipinski definition) is 3. The molecule has 0 aliphatic carbocycles. The van der Waals surface area contributed by atoms with Gasteiger partial charge in [-0.3, -0.25) is 4.79 Å². The van der Waals surface area contributed by atoms with Crippen LogP contribution in [0.25, 0.3) is 0 Å². The van der Waals surface area contributed by atoms with E-state index in [9.17, 15) is 4.79 Å². The van der Waals surface area contributed by atoms with Crippen molar-refractivity contribution in [2.75, 3.05) is 32.8 Å². The number of hydrogen-bond donors (Lipinski definition) is 1. The lowest BCUT2D eigenvalue weighted by atomic mass is 10.1. The summed E-state index contributed by atoms with van der Waals surface area (Å²) in [5.41, 5.74) is 1.35. The highest BCUT2D eigenvalue weighted by Crippen LogP contribution is 2.14. The van der Waals surface area contributed by atoms with Gasteiger partial charge in [0.05, 0.1) is 13.0 Å². The first-order valence-corrected chi connectivity index (χ1v) is 8.00. The molecule has 4 heteroatoms. The third-order valence-electron chi connectivity index (χ3n) is 3.80. The van der Waals surface area contributed by atoms with Gasteiger partial charge in [0.15, 0.2) is 0 Å². The number of benzene rings is 1. The topological polar surface area (TPSA) is 41.6 Å². The SMILES string of the molecule is CCCCc1ccc(OCCC(=O)N2CCNCC2)cc1. The van der Waals surface area contributed by atoms with Crippen LogP contribution in [-0.2, 0) is 11.2 Å². The molecular formula is C17H26N2O2. The minimum absolute atomic E-state index is 0.191. The lowest BCUT2D eigenvalue weighted by molar-refractivity contribution is -0.132. The molecule has 1 fully saturated rings. The Morgan fingerprint density at radius 3 is 2.62 bits per heavy atom. The van der Waals surface area contributed by atoms with Gasteiger partial charge < -0.3 is 15.0 Å². The number of rotatable bonds is 7. The molecule has 1 aromatic carbocycles. The van der Waals surface area contributed by atoms with Crippen molar-refractivity contribution < 1.29 is 9.53 Å². The fraction of sp³-hybridized carbons (Fsp3) is 0.588. The van der Waals surface area contributed by atoms with Gasteiger partial charge in [0.1, 0.15) is 5.75 Å². The summed E-state index contributed by atoms with van der Waals surface area (Å²) >= 11 is 0. The Hall–Kier alpha value is -1.55. The molecule has 0 aromatic heterocycles. The number of aryl methyl sites for hydroxylation is 1. The molecule has 0 radical (unpaired) electrons. The fourth-order valence-electron chi connectivity index (χ4n) is 2.46. The minimum atomic E-state index is 0.191. The molecule has 1 heterocycles. The van der Waals surface area contributed by atoms with Gasteiger partial charge in [-0.2, -0.15) is 0 Å². The normalized spacial score (nSPS) is 15.0. The predicted octanol–water partition coefficient (Wildman–Crippen LogP) is 2.23. The second-order valence-electron chi connectivity index (χ2n) is 5.48. The van der Waals surface area contributed by atoms with E-state index in [1.165, 1.54) is 18.4 Å². The van der Waals surface area contributed by atoms with Crippen LogP contribution in [0.4, 0.5) is 0 Å². The van der Waals surface area contributed by atoms with Crippen molar-refractivity contribution in [1.29, 1.82) is 0 Å². The van der Waals surface area contributed by atoms with Crippen molar-refractivity contribution in [1.82, 2.24) is 10.2 Å². The maximum atomic E-state index is 12.0. The molecule has 1 saturated heterocycles. The molecule has 2 rings (SSSR count). The highest BCUT2D eigenvalue weighted by molar-refractivity contribution is 5.76. The van der Waals surface area contributed by atoms with E-state index in [-0.39, 0.29) is 5.91 Å². The third kappa shape index (κ3) is 5.38. The van der Waals surface area contributed by atoms with Crippen LogP contribution in [0.5, 0.6) is 5.75 Å². The summed E-state index contributed by atoms with van der Waals surface area (Å²) in [6, 6.07) is 8.23. The van der Waals surface area contributed by atoms with Gasteiger partial charge in [-0.1, -0.05) is 25.5 Å². The maximum absolute atomic E-state index is 12.0. The average Bonchev–Trinajstić information content (AvgIpc) is 2.55. The summed E-state index contributed by atoms with van der Waals surface area (Å²) in [5, 5.41) is 3.25. The predicted molar refractivity (Wildman–Crippen MR) is 84.6 cm³/mol. The van der Waals surface area contributed by atoms with Gasteiger partial charge in [0, 0.05) is 26.2 Å². The quantitative estimate of drug-likeness (QED) is 0.837. The van der Waals surface area contributed by atoms with Crippen molar-refractivity contribution in [3.8, 4) is 5.75 Å². The number of piperazine rings is 1. The Kier molecular flexibility index (Phi) is 6.54. The summed E-state index contributed by atoms with van der Waals surface area (Å²) in [7, 11) is 0. The number of nitrogens with one attached hydrogen (secondary N) is 1. The molecule has 0 unspecified atom stereocenters. The van der Waals surface area contributed by atoms with Crippen LogP contribution in [0, 0.1) is 0 Å². The first-order valence-electron chi connectivity index (χ1n) is 8.00. The van der Waals surface area contributed by atoms with Gasteiger partial charge in [-0.05, 0) is 30.5 Å². The van der Waals surface area contributed by atoms with E-state index in [1.54, 1.807) is 0 Å². The summed E-state index contributed by atoms with van der Waals surface area (Å²) in [6.07, 6.45) is 4.02. The molecule has 1 aromatic rings. The Balaban J connectivity index is 1.69. The first-order chi connectivity index (χ1) is 10.3. The van der Waals surface area contributed by atoms with Crippen molar-refractivity contribution in [3.05, 3.63) is 29.8 Å². The molecule has 0 saturated carbocycles. The van der Waals surface area contributed by atoms with Gasteiger partial charge >= 0.3 is 0 Å². The number of carbonyl (C=O) groups is 1. The van der Waals surface area contributed by atoms with E-state index < -0.39 is 0 Å². The van der Waals surface area contributed by atoms with Crippen LogP contribution in [0.2, 0.25) is 0 Å². The molecule has 4 nitrogen and oxygen atoms in total. The zero-order chi connectivity index (χ0) is 14.9. The first kappa shape index (κ1) is 15.8. The number of unbranched alkanes of at least 4 members (excludes halogenated alkanes) is 1. The molecule has 1 aliphatic heterocycles. The van der Waals surface area contributed by atoms with E-state index in [4.69, 9.17) is 4.74 Å². The summed E-state index contributed by atoms with van der Waals surface area (Å²) < 4.78 is 5.66. The van der Waals surface area contributed by atoms with E-state index in [2.05, 4.69) is 24.4 Å². The van der Waals surface area contributed by atoms with Crippen LogP contribution in [0.15, 0.2) is 24.3 Å². The molecule has 0 atom stereocenters. The largest absolute Gasteiger partial charge is 0.493 e. The smallest absolute Gasteiger partial charge is 0.226 e. The highest BCUT2D eigenvalue weighted by Gasteiger charge is 2.15. The summed E-state index contributed by atoms with van der Waals surface area (Å²) in [5.74, 6) is 1.04. The maximum Gasteiger partial charge on any atom is 0.226 e. The highest BCUT2D eigenvalue weighted by atomic mass is 16.5. The van der Waals surface area contributed by atoms with Gasteiger partial charge in [-0.15, -0.1) is 0 Å². The number of ether oxygens (including phenoxy) is 1. The zero-order valence-corrected chi connectivity index (χ0v) is 12.9. The second kappa shape index (κ2) is 8.67. The van der Waals surface area contributed by atoms with E-state index in [0.29, 0.717) is 13.0 Å². The average molecular weight is 290 g/mol. The Labute approximate surface area is 127 Å². The summed E-state index contributed by atoms with van der Waals surface area (Å²) in [6.45, 7) is 6.07. The van der Waals surface area contributed by atoms with Crippen LogP contribution in [-0.4, -0.2) is 43.6 Å². The van der Waals surface area contributed by atoms with Crippen LogP contribution in [0.1, 0.15) is 31.7 Å². The standard InChI is InChI=1S/C17H26N2O2/c1-2-3-4-15-5-7-16(8-6-15)21-14-9-17(20)19-12-10-18-11-13-19/h5-8,18H,2-4,9-14H2,1H3. The van der Waals surface area contributed by atoms with Crippen LogP contribution >= 0.6 is 0 Å².